The Morgan fingerprint density at radius 1 is 1.32 bits per heavy atom. The molecule has 0 unspecified atom stereocenters. The second-order valence-corrected chi connectivity index (χ2v) is 3.66. The predicted octanol–water partition coefficient (Wildman–Crippen LogP) is 2.23. The first-order valence-electron chi connectivity index (χ1n) is 5.51. The number of aromatic nitrogens is 2. The van der Waals surface area contributed by atoms with Crippen LogP contribution in [0.25, 0.3) is 11.1 Å². The highest BCUT2D eigenvalue weighted by Gasteiger charge is 2.06. The summed E-state index contributed by atoms with van der Waals surface area (Å²) in [5.74, 6) is 0.114. The molecule has 1 aromatic heterocycles. The third kappa shape index (κ3) is 2.96. The second-order valence-electron chi connectivity index (χ2n) is 3.66. The van der Waals surface area contributed by atoms with E-state index in [1.54, 1.807) is 24.5 Å². The number of rotatable bonds is 4. The molecule has 1 aromatic carbocycles. The van der Waals surface area contributed by atoms with Crippen LogP contribution in [0.1, 0.15) is 0 Å². The highest BCUT2D eigenvalue weighted by atomic mass is 19.1. The number of methoxy groups -OCH3 is 1. The molecule has 0 saturated heterocycles. The van der Waals surface area contributed by atoms with Crippen LogP contribution < -0.4 is 10.1 Å². The van der Waals surface area contributed by atoms with E-state index in [2.05, 4.69) is 15.3 Å². The fourth-order valence-corrected chi connectivity index (χ4v) is 1.53. The summed E-state index contributed by atoms with van der Waals surface area (Å²) >= 11 is 0. The van der Waals surface area contributed by atoms with Crippen molar-refractivity contribution in [2.24, 2.45) is 0 Å². The summed E-state index contributed by atoms with van der Waals surface area (Å²) in [6, 6.07) is 6.56. The van der Waals surface area contributed by atoms with Crippen LogP contribution in [-0.4, -0.2) is 23.6 Å². The fraction of sp³-hybridized carbons (Fsp3) is 0.154. The maximum atomic E-state index is 13.6. The summed E-state index contributed by atoms with van der Waals surface area (Å²) in [6.45, 7) is 0.135. The van der Waals surface area contributed by atoms with E-state index in [4.69, 9.17) is 10.00 Å². The summed E-state index contributed by atoms with van der Waals surface area (Å²) in [7, 11) is 1.41. The average molecular weight is 258 g/mol. The van der Waals surface area contributed by atoms with Gasteiger partial charge in [0.05, 0.1) is 13.2 Å². The SMILES string of the molecule is COc1ccc(-c2cnc(NCC#N)nc2)cc1F. The molecule has 6 heteroatoms. The third-order valence-corrected chi connectivity index (χ3v) is 2.46. The Labute approximate surface area is 109 Å². The predicted molar refractivity (Wildman–Crippen MR) is 68.1 cm³/mol. The van der Waals surface area contributed by atoms with Gasteiger partial charge in [0.25, 0.3) is 0 Å². The molecule has 2 aromatic rings. The highest BCUT2D eigenvalue weighted by molar-refractivity contribution is 5.63. The summed E-state index contributed by atoms with van der Waals surface area (Å²) in [5, 5.41) is 11.1. The van der Waals surface area contributed by atoms with Crippen LogP contribution in [0.15, 0.2) is 30.6 Å². The van der Waals surface area contributed by atoms with E-state index in [9.17, 15) is 4.39 Å². The fourth-order valence-electron chi connectivity index (χ4n) is 1.53. The van der Waals surface area contributed by atoms with Crippen molar-refractivity contribution >= 4 is 5.95 Å². The summed E-state index contributed by atoms with van der Waals surface area (Å²) in [6.07, 6.45) is 3.13. The number of hydrogen-bond acceptors (Lipinski definition) is 5. The van der Waals surface area contributed by atoms with E-state index in [1.807, 2.05) is 6.07 Å². The van der Waals surface area contributed by atoms with Gasteiger partial charge in [0.1, 0.15) is 6.54 Å². The maximum Gasteiger partial charge on any atom is 0.223 e. The molecule has 0 radical (unpaired) electrons. The van der Waals surface area contributed by atoms with Gasteiger partial charge in [0.15, 0.2) is 11.6 Å². The number of nitrogens with one attached hydrogen (secondary N) is 1. The van der Waals surface area contributed by atoms with Crippen molar-refractivity contribution < 1.29 is 9.13 Å². The number of hydrogen-bond donors (Lipinski definition) is 1. The molecule has 96 valence electrons. The van der Waals surface area contributed by atoms with Gasteiger partial charge in [0, 0.05) is 18.0 Å². The van der Waals surface area contributed by atoms with E-state index in [1.165, 1.54) is 13.2 Å². The van der Waals surface area contributed by atoms with Crippen molar-refractivity contribution in [1.29, 1.82) is 5.26 Å². The van der Waals surface area contributed by atoms with Crippen molar-refractivity contribution in [2.45, 2.75) is 0 Å². The lowest BCUT2D eigenvalue weighted by Crippen LogP contribution is -2.02. The van der Waals surface area contributed by atoms with Gasteiger partial charge in [0.2, 0.25) is 5.95 Å². The zero-order chi connectivity index (χ0) is 13.7. The molecule has 0 bridgehead atoms. The van der Waals surface area contributed by atoms with Crippen molar-refractivity contribution in [3.63, 3.8) is 0 Å². The average Bonchev–Trinajstić information content (AvgIpc) is 2.45. The molecule has 19 heavy (non-hydrogen) atoms. The van der Waals surface area contributed by atoms with Crippen LogP contribution in [0.5, 0.6) is 5.75 Å². The second kappa shape index (κ2) is 5.78. The molecule has 1 N–H and O–H groups in total. The molecule has 0 aliphatic heterocycles. The topological polar surface area (TPSA) is 70.8 Å². The van der Waals surface area contributed by atoms with E-state index in [0.29, 0.717) is 17.1 Å². The van der Waals surface area contributed by atoms with Crippen molar-refractivity contribution in [2.75, 3.05) is 19.0 Å². The van der Waals surface area contributed by atoms with Crippen LogP contribution in [0.2, 0.25) is 0 Å². The standard InChI is InChI=1S/C13H11FN4O/c1-19-12-3-2-9(6-11(12)14)10-7-17-13(18-8-10)16-5-4-15/h2-3,6-8H,5H2,1H3,(H,16,17,18). The molecular weight excluding hydrogens is 247 g/mol. The number of nitriles is 1. The van der Waals surface area contributed by atoms with Gasteiger partial charge in [-0.3, -0.25) is 0 Å². The van der Waals surface area contributed by atoms with Crippen LogP contribution in [0, 0.1) is 17.1 Å². The number of halogens is 1. The number of benzene rings is 1. The third-order valence-electron chi connectivity index (χ3n) is 2.46. The van der Waals surface area contributed by atoms with Gasteiger partial charge in [-0.1, -0.05) is 6.07 Å². The molecule has 0 aliphatic carbocycles. The molecule has 0 saturated carbocycles. The number of ether oxygens (including phenoxy) is 1. The van der Waals surface area contributed by atoms with Crippen LogP contribution >= 0.6 is 0 Å². The van der Waals surface area contributed by atoms with E-state index < -0.39 is 5.82 Å². The summed E-state index contributed by atoms with van der Waals surface area (Å²) in [4.78, 5) is 8.08. The van der Waals surface area contributed by atoms with Crippen molar-refractivity contribution in [1.82, 2.24) is 9.97 Å². The van der Waals surface area contributed by atoms with Crippen molar-refractivity contribution in [3.05, 3.63) is 36.4 Å². The van der Waals surface area contributed by atoms with Gasteiger partial charge in [-0.25, -0.2) is 14.4 Å². The summed E-state index contributed by atoms with van der Waals surface area (Å²) in [5.41, 5.74) is 1.34. The van der Waals surface area contributed by atoms with Gasteiger partial charge in [-0.15, -0.1) is 0 Å². The minimum Gasteiger partial charge on any atom is -0.494 e. The van der Waals surface area contributed by atoms with E-state index in [-0.39, 0.29) is 12.3 Å². The zero-order valence-electron chi connectivity index (χ0n) is 10.2. The Bertz CT molecular complexity index is 607. The molecule has 0 amide bonds. The monoisotopic (exact) mass is 258 g/mol. The summed E-state index contributed by atoms with van der Waals surface area (Å²) < 4.78 is 18.4. The lowest BCUT2D eigenvalue weighted by atomic mass is 10.1. The van der Waals surface area contributed by atoms with Gasteiger partial charge in [-0.05, 0) is 17.7 Å². The van der Waals surface area contributed by atoms with E-state index >= 15 is 0 Å². The first-order valence-corrected chi connectivity index (χ1v) is 5.51. The zero-order valence-corrected chi connectivity index (χ0v) is 10.2. The van der Waals surface area contributed by atoms with Crippen LogP contribution in [0.3, 0.4) is 0 Å². The Balaban J connectivity index is 2.22. The van der Waals surface area contributed by atoms with Crippen LogP contribution in [0.4, 0.5) is 10.3 Å². The lowest BCUT2D eigenvalue weighted by molar-refractivity contribution is 0.386. The molecule has 1 heterocycles. The quantitative estimate of drug-likeness (QED) is 0.851. The highest BCUT2D eigenvalue weighted by Crippen LogP contribution is 2.24. The number of nitrogens with zero attached hydrogens (tertiary/aromatic N) is 3. The van der Waals surface area contributed by atoms with Gasteiger partial charge in [-0.2, -0.15) is 5.26 Å². The van der Waals surface area contributed by atoms with Gasteiger partial charge < -0.3 is 10.1 Å². The molecule has 0 fully saturated rings. The minimum atomic E-state index is -0.438. The molecule has 0 spiro atoms. The minimum absolute atomic E-state index is 0.135. The Hall–Kier alpha value is -2.68. The Morgan fingerprint density at radius 2 is 2.05 bits per heavy atom. The lowest BCUT2D eigenvalue weighted by Gasteiger charge is -2.05. The first-order chi connectivity index (χ1) is 9.24. The smallest absolute Gasteiger partial charge is 0.223 e. The molecular formula is C13H11FN4O. The largest absolute Gasteiger partial charge is 0.494 e. The van der Waals surface area contributed by atoms with E-state index in [0.717, 1.165) is 0 Å². The maximum absolute atomic E-state index is 13.6. The Kier molecular flexibility index (Phi) is 3.88. The molecule has 0 atom stereocenters. The molecule has 0 aliphatic rings. The normalized spacial score (nSPS) is 9.74. The Morgan fingerprint density at radius 3 is 2.63 bits per heavy atom. The number of anilines is 1. The van der Waals surface area contributed by atoms with Crippen LogP contribution in [-0.2, 0) is 0 Å². The molecule has 2 rings (SSSR count). The first kappa shape index (κ1) is 12.8. The van der Waals surface area contributed by atoms with Gasteiger partial charge >= 0.3 is 0 Å². The van der Waals surface area contributed by atoms with Crippen molar-refractivity contribution in [3.8, 4) is 22.9 Å². The molecule has 5 nitrogen and oxygen atoms in total.